The molecule has 3 aromatic rings. The van der Waals surface area contributed by atoms with Crippen LogP contribution in [0.15, 0.2) is 30.5 Å². The molecule has 0 amide bonds. The molecule has 0 aliphatic carbocycles. The van der Waals surface area contributed by atoms with E-state index in [2.05, 4.69) is 47.4 Å². The molecular weight excluding hydrogens is 282 g/mol. The van der Waals surface area contributed by atoms with Crippen molar-refractivity contribution in [2.24, 2.45) is 0 Å². The number of hydrogen-bond acceptors (Lipinski definition) is 4. The summed E-state index contributed by atoms with van der Waals surface area (Å²) < 4.78 is 8.76. The highest BCUT2D eigenvalue weighted by Gasteiger charge is 2.20. The lowest BCUT2D eigenvalue weighted by molar-refractivity contribution is 0.319. The number of methoxy groups -OCH3 is 1. The third kappa shape index (κ3) is 2.13. The van der Waals surface area contributed by atoms with Crippen molar-refractivity contribution in [3.05, 3.63) is 36.0 Å². The number of aromatic nitrogens is 2. The summed E-state index contributed by atoms with van der Waals surface area (Å²) in [6, 6.07) is 9.10. The molecule has 1 N–H and O–H groups in total. The van der Waals surface area contributed by atoms with Crippen molar-refractivity contribution < 1.29 is 4.74 Å². The zero-order valence-electron chi connectivity index (χ0n) is 12.1. The zero-order chi connectivity index (χ0) is 14.4. The minimum absolute atomic E-state index is 0.505. The lowest BCUT2D eigenvalue weighted by Gasteiger charge is -2.27. The summed E-state index contributed by atoms with van der Waals surface area (Å²) in [5, 5.41) is 9.23. The number of nitrogens with one attached hydrogen (secondary N) is 1. The molecular formula is C16H17N3OS. The van der Waals surface area contributed by atoms with Gasteiger partial charge >= 0.3 is 0 Å². The van der Waals surface area contributed by atoms with E-state index in [-0.39, 0.29) is 0 Å². The van der Waals surface area contributed by atoms with Gasteiger partial charge in [-0.05, 0) is 36.1 Å². The van der Waals surface area contributed by atoms with Crippen molar-refractivity contribution in [2.75, 3.05) is 20.2 Å². The smallest absolute Gasteiger partial charge is 0.136 e. The number of benzene rings is 1. The van der Waals surface area contributed by atoms with E-state index in [0.29, 0.717) is 6.04 Å². The van der Waals surface area contributed by atoms with Gasteiger partial charge in [0.25, 0.3) is 0 Å². The summed E-state index contributed by atoms with van der Waals surface area (Å²) in [6.07, 6.45) is 2.08. The maximum atomic E-state index is 5.50. The molecule has 1 aliphatic rings. The molecule has 5 heteroatoms. The molecule has 3 heterocycles. The predicted octanol–water partition coefficient (Wildman–Crippen LogP) is 3.23. The molecule has 4 rings (SSSR count). The molecule has 0 radical (unpaired) electrons. The normalized spacial score (nSPS) is 15.3. The fourth-order valence-corrected chi connectivity index (χ4v) is 3.77. The molecule has 0 atom stereocenters. The number of ether oxygens (including phenoxy) is 1. The van der Waals surface area contributed by atoms with Gasteiger partial charge in [-0.1, -0.05) is 6.07 Å². The van der Waals surface area contributed by atoms with Crippen molar-refractivity contribution in [1.82, 2.24) is 15.1 Å². The summed E-state index contributed by atoms with van der Waals surface area (Å²) in [7, 11) is 1.73. The molecule has 108 valence electrons. The molecule has 1 aliphatic heterocycles. The summed E-state index contributed by atoms with van der Waals surface area (Å²) in [6.45, 7) is 4.12. The lowest BCUT2D eigenvalue weighted by Crippen LogP contribution is -2.43. The van der Waals surface area contributed by atoms with Crippen LogP contribution in [0.3, 0.4) is 0 Å². The number of nitrogens with zero attached hydrogens (tertiary/aromatic N) is 2. The van der Waals surface area contributed by atoms with Crippen LogP contribution in [0.25, 0.3) is 20.7 Å². The Bertz CT molecular complexity index is 801. The fourth-order valence-electron chi connectivity index (χ4n) is 2.68. The fraction of sp³-hybridized carbons (Fsp3) is 0.312. The number of hydrogen-bond donors (Lipinski definition) is 1. The van der Waals surface area contributed by atoms with Crippen LogP contribution in [-0.2, 0) is 0 Å². The summed E-state index contributed by atoms with van der Waals surface area (Å²) in [5.74, 6) is 0.948. The van der Waals surface area contributed by atoms with Crippen LogP contribution in [-0.4, -0.2) is 30.0 Å². The molecule has 1 aromatic carbocycles. The van der Waals surface area contributed by atoms with Gasteiger partial charge in [-0.2, -0.15) is 5.10 Å². The Hall–Kier alpha value is -1.85. The second-order valence-corrected chi connectivity index (χ2v) is 6.54. The maximum absolute atomic E-state index is 5.50. The van der Waals surface area contributed by atoms with Crippen LogP contribution in [0.5, 0.6) is 5.75 Å². The third-order valence-corrected chi connectivity index (χ3v) is 5.13. The van der Waals surface area contributed by atoms with Crippen LogP contribution in [0, 0.1) is 6.92 Å². The Morgan fingerprint density at radius 2 is 2.19 bits per heavy atom. The Balaban J connectivity index is 1.77. The molecule has 0 spiro atoms. The van der Waals surface area contributed by atoms with Gasteiger partial charge < -0.3 is 10.1 Å². The molecule has 21 heavy (non-hydrogen) atoms. The molecule has 0 bridgehead atoms. The summed E-state index contributed by atoms with van der Waals surface area (Å²) in [4.78, 5) is 1.19. The van der Waals surface area contributed by atoms with Gasteiger partial charge in [0.2, 0.25) is 0 Å². The van der Waals surface area contributed by atoms with Crippen molar-refractivity contribution in [2.45, 2.75) is 13.0 Å². The summed E-state index contributed by atoms with van der Waals surface area (Å²) in [5.41, 5.74) is 2.26. The highest BCUT2D eigenvalue weighted by Crippen LogP contribution is 2.38. The zero-order valence-corrected chi connectivity index (χ0v) is 12.9. The lowest BCUT2D eigenvalue weighted by atomic mass is 10.1. The molecule has 2 aromatic heterocycles. The first-order chi connectivity index (χ1) is 10.2. The average molecular weight is 299 g/mol. The second-order valence-electron chi connectivity index (χ2n) is 5.49. The largest absolute Gasteiger partial charge is 0.495 e. The second kappa shape index (κ2) is 4.86. The van der Waals surface area contributed by atoms with E-state index >= 15 is 0 Å². The highest BCUT2D eigenvalue weighted by molar-refractivity contribution is 7.22. The quantitative estimate of drug-likeness (QED) is 0.807. The van der Waals surface area contributed by atoms with E-state index in [1.54, 1.807) is 18.4 Å². The topological polar surface area (TPSA) is 39.1 Å². The Labute approximate surface area is 127 Å². The van der Waals surface area contributed by atoms with E-state index in [1.165, 1.54) is 20.5 Å². The van der Waals surface area contributed by atoms with Crippen LogP contribution in [0.2, 0.25) is 0 Å². The van der Waals surface area contributed by atoms with Crippen molar-refractivity contribution in [1.29, 1.82) is 0 Å². The molecule has 1 saturated heterocycles. The van der Waals surface area contributed by atoms with E-state index in [4.69, 9.17) is 9.84 Å². The SMILES string of the molecule is COc1cc(C)cc2cc(-c3ccn(C4CNC4)n3)sc12. The molecule has 0 unspecified atom stereocenters. The van der Waals surface area contributed by atoms with Crippen molar-refractivity contribution in [3.63, 3.8) is 0 Å². The summed E-state index contributed by atoms with van der Waals surface area (Å²) >= 11 is 1.74. The minimum atomic E-state index is 0.505. The number of thiophene rings is 1. The average Bonchev–Trinajstić information content (AvgIpc) is 3.01. The predicted molar refractivity (Wildman–Crippen MR) is 86.2 cm³/mol. The van der Waals surface area contributed by atoms with E-state index in [1.807, 2.05) is 0 Å². The Morgan fingerprint density at radius 3 is 2.90 bits per heavy atom. The van der Waals surface area contributed by atoms with E-state index in [9.17, 15) is 0 Å². The van der Waals surface area contributed by atoms with Crippen molar-refractivity contribution in [3.8, 4) is 16.3 Å². The van der Waals surface area contributed by atoms with Gasteiger partial charge in [-0.15, -0.1) is 11.3 Å². The Kier molecular flexibility index (Phi) is 2.97. The molecule has 0 saturated carbocycles. The van der Waals surface area contributed by atoms with Crippen LogP contribution in [0.1, 0.15) is 11.6 Å². The number of fused-ring (bicyclic) bond motifs is 1. The first kappa shape index (κ1) is 12.9. The molecule has 1 fully saturated rings. The maximum Gasteiger partial charge on any atom is 0.136 e. The number of aryl methyl sites for hydroxylation is 1. The van der Waals surface area contributed by atoms with Crippen LogP contribution in [0.4, 0.5) is 0 Å². The van der Waals surface area contributed by atoms with E-state index in [0.717, 1.165) is 24.5 Å². The minimum Gasteiger partial charge on any atom is -0.495 e. The first-order valence-electron chi connectivity index (χ1n) is 7.09. The standard InChI is InChI=1S/C16H17N3OS/c1-10-5-11-7-15(21-16(11)14(6-10)20-2)13-3-4-19(18-13)12-8-17-9-12/h3-7,12,17H,8-9H2,1-2H3. The number of rotatable bonds is 3. The molecule has 4 nitrogen and oxygen atoms in total. The highest BCUT2D eigenvalue weighted by atomic mass is 32.1. The van der Waals surface area contributed by atoms with Gasteiger partial charge in [-0.25, -0.2) is 0 Å². The van der Waals surface area contributed by atoms with E-state index < -0.39 is 0 Å². The van der Waals surface area contributed by atoms with Crippen molar-refractivity contribution >= 4 is 21.4 Å². The van der Waals surface area contributed by atoms with Gasteiger partial charge in [0.1, 0.15) is 11.4 Å². The van der Waals surface area contributed by atoms with Crippen LogP contribution < -0.4 is 10.1 Å². The van der Waals surface area contributed by atoms with Gasteiger partial charge in [-0.3, -0.25) is 4.68 Å². The Morgan fingerprint density at radius 1 is 1.33 bits per heavy atom. The van der Waals surface area contributed by atoms with Gasteiger partial charge in [0, 0.05) is 19.3 Å². The van der Waals surface area contributed by atoms with Gasteiger partial charge in [0.15, 0.2) is 0 Å². The van der Waals surface area contributed by atoms with Gasteiger partial charge in [0.05, 0.1) is 22.7 Å². The monoisotopic (exact) mass is 299 g/mol. The van der Waals surface area contributed by atoms with Crippen LogP contribution >= 0.6 is 11.3 Å². The first-order valence-corrected chi connectivity index (χ1v) is 7.90. The third-order valence-electron chi connectivity index (χ3n) is 3.94.